The predicted molar refractivity (Wildman–Crippen MR) is 131 cm³/mol. The first-order chi connectivity index (χ1) is 17.7. The molecular formula is C28H26FNO7. The molecule has 0 aliphatic heterocycles. The number of carboxylic acids is 1. The van der Waals surface area contributed by atoms with Gasteiger partial charge in [-0.25, -0.2) is 4.39 Å². The zero-order chi connectivity index (χ0) is 26.7. The summed E-state index contributed by atoms with van der Waals surface area (Å²) in [6.45, 7) is 1.88. The van der Waals surface area contributed by atoms with Crippen molar-refractivity contribution in [1.82, 2.24) is 5.32 Å². The van der Waals surface area contributed by atoms with E-state index in [4.69, 9.17) is 13.9 Å². The smallest absolute Gasteiger partial charge is 0.304 e. The van der Waals surface area contributed by atoms with E-state index in [9.17, 15) is 23.9 Å². The van der Waals surface area contributed by atoms with Crippen LogP contribution in [0.2, 0.25) is 0 Å². The Hall–Kier alpha value is -4.40. The Morgan fingerprint density at radius 2 is 1.89 bits per heavy atom. The number of ketones is 1. The van der Waals surface area contributed by atoms with E-state index in [1.807, 2.05) is 0 Å². The first-order valence-corrected chi connectivity index (χ1v) is 11.5. The van der Waals surface area contributed by atoms with Gasteiger partial charge in [-0.05, 0) is 71.7 Å². The van der Waals surface area contributed by atoms with Crippen molar-refractivity contribution < 1.29 is 37.8 Å². The molecule has 2 aliphatic carbocycles. The fraction of sp³-hybridized carbons (Fsp3) is 0.250. The van der Waals surface area contributed by atoms with Crippen LogP contribution in [0.25, 0.3) is 5.57 Å². The molecule has 2 unspecified atom stereocenters. The molecule has 1 aromatic heterocycles. The molecular weight excluding hydrogens is 481 g/mol. The summed E-state index contributed by atoms with van der Waals surface area (Å²) >= 11 is 0. The number of nitrogens with one attached hydrogen (secondary N) is 1. The van der Waals surface area contributed by atoms with Gasteiger partial charge in [0.15, 0.2) is 11.5 Å². The third-order valence-electron chi connectivity index (χ3n) is 6.47. The van der Waals surface area contributed by atoms with E-state index in [1.165, 1.54) is 32.6 Å². The fourth-order valence-electron chi connectivity index (χ4n) is 4.78. The Morgan fingerprint density at radius 3 is 2.49 bits per heavy atom. The first-order valence-electron chi connectivity index (χ1n) is 11.5. The minimum atomic E-state index is -1.15. The van der Waals surface area contributed by atoms with E-state index in [2.05, 4.69) is 5.32 Å². The second-order valence-corrected chi connectivity index (χ2v) is 8.71. The summed E-state index contributed by atoms with van der Waals surface area (Å²) in [5.41, 5.74) is 3.17. The van der Waals surface area contributed by atoms with Gasteiger partial charge < -0.3 is 24.3 Å². The number of benzene rings is 1. The second-order valence-electron chi connectivity index (χ2n) is 8.71. The van der Waals surface area contributed by atoms with Gasteiger partial charge in [0.2, 0.25) is 5.91 Å². The molecule has 1 heterocycles. The van der Waals surface area contributed by atoms with Gasteiger partial charge in [0, 0.05) is 5.92 Å². The van der Waals surface area contributed by atoms with Crippen molar-refractivity contribution in [2.45, 2.75) is 25.8 Å². The van der Waals surface area contributed by atoms with Gasteiger partial charge in [0.1, 0.15) is 11.6 Å². The number of amides is 1. The van der Waals surface area contributed by atoms with Gasteiger partial charge in [0.25, 0.3) is 5.78 Å². The van der Waals surface area contributed by atoms with E-state index in [0.717, 1.165) is 0 Å². The van der Waals surface area contributed by atoms with Crippen LogP contribution in [0.15, 0.2) is 81.9 Å². The van der Waals surface area contributed by atoms with E-state index < -0.39 is 41.7 Å². The lowest BCUT2D eigenvalue weighted by Crippen LogP contribution is -2.35. The highest BCUT2D eigenvalue weighted by molar-refractivity contribution is 6.07. The van der Waals surface area contributed by atoms with E-state index in [-0.39, 0.29) is 18.1 Å². The van der Waals surface area contributed by atoms with Crippen LogP contribution in [0.4, 0.5) is 4.39 Å². The minimum absolute atomic E-state index is 0.0908. The van der Waals surface area contributed by atoms with Crippen molar-refractivity contribution in [3.8, 4) is 0 Å². The Balaban J connectivity index is 1.78. The zero-order valence-electron chi connectivity index (χ0n) is 20.5. The van der Waals surface area contributed by atoms with Gasteiger partial charge in [-0.15, -0.1) is 0 Å². The first kappa shape index (κ1) is 25.7. The number of hydrogen-bond donors (Lipinski definition) is 2. The standard InChI is InChI=1S/C28H26FNO7/c1-15-20(9-16-10-23(35-2)27(33)24(11-16)36-3)19-7-6-17(29)12-21(19)26(15)22(13-25(31)32)28(34)30-14-18-5-4-8-37-18/h4-12,22,26H,13-14H2,1-3H3,(H,30,34)(H,31,32). The molecule has 9 heteroatoms. The molecule has 4 rings (SSSR count). The summed E-state index contributed by atoms with van der Waals surface area (Å²) in [6.07, 6.45) is 5.93. The maximum atomic E-state index is 14.4. The largest absolute Gasteiger partial charge is 0.492 e. The Bertz CT molecular complexity index is 1340. The summed E-state index contributed by atoms with van der Waals surface area (Å²) in [5.74, 6) is -3.51. The van der Waals surface area contributed by atoms with Crippen LogP contribution in [0.5, 0.6) is 0 Å². The van der Waals surface area contributed by atoms with Gasteiger partial charge in [-0.2, -0.15) is 0 Å². The van der Waals surface area contributed by atoms with E-state index in [1.54, 1.807) is 43.4 Å². The molecule has 2 N–H and O–H groups in total. The average Bonchev–Trinajstić information content (AvgIpc) is 3.48. The molecule has 1 amide bonds. The minimum Gasteiger partial charge on any atom is -0.492 e. The van der Waals surface area contributed by atoms with E-state index in [0.29, 0.717) is 33.6 Å². The highest BCUT2D eigenvalue weighted by Crippen LogP contribution is 2.48. The fourth-order valence-corrected chi connectivity index (χ4v) is 4.78. The number of hydrogen-bond acceptors (Lipinski definition) is 6. The zero-order valence-corrected chi connectivity index (χ0v) is 20.5. The van der Waals surface area contributed by atoms with Crippen LogP contribution in [0, 0.1) is 11.7 Å². The Kier molecular flexibility index (Phi) is 7.42. The molecule has 0 saturated carbocycles. The van der Waals surface area contributed by atoms with Crippen molar-refractivity contribution in [2.24, 2.45) is 5.92 Å². The number of halogens is 1. The van der Waals surface area contributed by atoms with Crippen molar-refractivity contribution in [1.29, 1.82) is 0 Å². The number of rotatable bonds is 9. The lowest BCUT2D eigenvalue weighted by Gasteiger charge is -2.24. The lowest BCUT2D eigenvalue weighted by atomic mass is 9.81. The molecule has 0 spiro atoms. The number of fused-ring (bicyclic) bond motifs is 1. The van der Waals surface area contributed by atoms with Crippen LogP contribution < -0.4 is 5.32 Å². The third kappa shape index (κ3) is 5.25. The summed E-state index contributed by atoms with van der Waals surface area (Å²) in [6, 6.07) is 7.63. The molecule has 2 aliphatic rings. The number of carboxylic acid groups (broad SMARTS) is 1. The summed E-state index contributed by atoms with van der Waals surface area (Å²) in [7, 11) is 2.76. The highest BCUT2D eigenvalue weighted by atomic mass is 19.1. The molecule has 2 aromatic rings. The van der Waals surface area contributed by atoms with Crippen LogP contribution >= 0.6 is 0 Å². The number of carbonyl (C=O) groups excluding carboxylic acids is 2. The summed E-state index contributed by atoms with van der Waals surface area (Å²) in [4.78, 5) is 37.4. The van der Waals surface area contributed by atoms with Gasteiger partial charge in [-0.1, -0.05) is 11.6 Å². The van der Waals surface area contributed by atoms with Gasteiger partial charge in [-0.3, -0.25) is 14.4 Å². The number of allylic oxidation sites excluding steroid dienone is 6. The average molecular weight is 508 g/mol. The molecule has 8 nitrogen and oxygen atoms in total. The molecule has 0 radical (unpaired) electrons. The normalized spacial score (nSPS) is 17.6. The third-order valence-corrected chi connectivity index (χ3v) is 6.47. The second kappa shape index (κ2) is 10.7. The van der Waals surface area contributed by atoms with Gasteiger partial charge >= 0.3 is 5.97 Å². The van der Waals surface area contributed by atoms with Crippen LogP contribution in [0.1, 0.15) is 36.1 Å². The van der Waals surface area contributed by atoms with Crippen molar-refractivity contribution in [2.75, 3.05) is 14.2 Å². The monoisotopic (exact) mass is 507 g/mol. The SMILES string of the molecule is COC1=CC(=CC2=C(C)C(C(CC(=O)O)C(=O)NCc3ccco3)c3cc(F)ccc32)C=C(OC)C1=O. The molecule has 0 fully saturated rings. The van der Waals surface area contributed by atoms with Crippen LogP contribution in [0.3, 0.4) is 0 Å². The summed E-state index contributed by atoms with van der Waals surface area (Å²) < 4.78 is 30.0. The number of ether oxygens (including phenoxy) is 2. The van der Waals surface area contributed by atoms with Crippen molar-refractivity contribution in [3.63, 3.8) is 0 Å². The maximum Gasteiger partial charge on any atom is 0.304 e. The number of Topliss-reactive ketones (excluding diaryl/α,β-unsaturated/α-hetero) is 1. The van der Waals surface area contributed by atoms with Crippen LogP contribution in [-0.4, -0.2) is 37.0 Å². The molecule has 0 saturated heterocycles. The number of carbonyl (C=O) groups is 3. The van der Waals surface area contributed by atoms with E-state index >= 15 is 0 Å². The predicted octanol–water partition coefficient (Wildman–Crippen LogP) is 4.27. The Morgan fingerprint density at radius 1 is 1.19 bits per heavy atom. The van der Waals surface area contributed by atoms with Crippen molar-refractivity contribution in [3.05, 3.63) is 100 Å². The topological polar surface area (TPSA) is 115 Å². The van der Waals surface area contributed by atoms with Crippen molar-refractivity contribution >= 4 is 23.2 Å². The van der Waals surface area contributed by atoms with Gasteiger partial charge in [0.05, 0.1) is 39.4 Å². The molecule has 0 bridgehead atoms. The number of methoxy groups -OCH3 is 2. The maximum absolute atomic E-state index is 14.4. The molecule has 192 valence electrons. The highest BCUT2D eigenvalue weighted by Gasteiger charge is 2.39. The number of furan rings is 1. The molecule has 37 heavy (non-hydrogen) atoms. The molecule has 2 atom stereocenters. The van der Waals surface area contributed by atoms with Crippen LogP contribution in [-0.2, 0) is 30.4 Å². The lowest BCUT2D eigenvalue weighted by molar-refractivity contribution is -0.141. The summed E-state index contributed by atoms with van der Waals surface area (Å²) in [5, 5.41) is 12.4. The molecule has 1 aromatic carbocycles. The quantitative estimate of drug-likeness (QED) is 0.521. The number of aliphatic carboxylic acids is 1. The Labute approximate surface area is 212 Å².